The number of ether oxygens (including phenoxy) is 1. The molecule has 1 aromatic rings. The van der Waals surface area contributed by atoms with Gasteiger partial charge in [-0.3, -0.25) is 0 Å². The standard InChI is InChI=1S/C18H23NO2/c1-17(2,3)15-9-11-18(13-19,12-10-15)21-16(20)14-7-5-4-6-8-14/h4-8,15H,9-12H2,1-3H3. The number of nitriles is 1. The molecule has 0 spiro atoms. The Bertz CT molecular complexity index is 529. The topological polar surface area (TPSA) is 50.1 Å². The lowest BCUT2D eigenvalue weighted by Crippen LogP contribution is -2.40. The van der Waals surface area contributed by atoms with Crippen LogP contribution < -0.4 is 0 Å². The van der Waals surface area contributed by atoms with Crippen molar-refractivity contribution in [1.29, 1.82) is 5.26 Å². The smallest absolute Gasteiger partial charge is 0.339 e. The average Bonchev–Trinajstić information content (AvgIpc) is 2.47. The number of hydrogen-bond acceptors (Lipinski definition) is 3. The van der Waals surface area contributed by atoms with Crippen molar-refractivity contribution >= 4 is 5.97 Å². The van der Waals surface area contributed by atoms with Crippen LogP contribution in [0.15, 0.2) is 30.3 Å². The fraction of sp³-hybridized carbons (Fsp3) is 0.556. The zero-order valence-electron chi connectivity index (χ0n) is 13.1. The molecule has 1 aliphatic rings. The molecule has 1 fully saturated rings. The zero-order valence-corrected chi connectivity index (χ0v) is 13.1. The molecule has 0 aliphatic heterocycles. The molecule has 0 aromatic heterocycles. The third kappa shape index (κ3) is 3.64. The second kappa shape index (κ2) is 5.89. The number of benzene rings is 1. The van der Waals surface area contributed by atoms with E-state index < -0.39 is 11.6 Å². The second-order valence-corrected chi connectivity index (χ2v) is 7.00. The Morgan fingerprint density at radius 3 is 2.29 bits per heavy atom. The van der Waals surface area contributed by atoms with E-state index in [0.717, 1.165) is 12.8 Å². The van der Waals surface area contributed by atoms with Gasteiger partial charge in [0.05, 0.1) is 5.56 Å². The maximum Gasteiger partial charge on any atom is 0.339 e. The largest absolute Gasteiger partial charge is 0.440 e. The van der Waals surface area contributed by atoms with Gasteiger partial charge in [-0.15, -0.1) is 0 Å². The first kappa shape index (κ1) is 15.6. The number of esters is 1. The van der Waals surface area contributed by atoms with Crippen LogP contribution in [-0.4, -0.2) is 11.6 Å². The summed E-state index contributed by atoms with van der Waals surface area (Å²) >= 11 is 0. The number of carbonyl (C=O) groups is 1. The van der Waals surface area contributed by atoms with Crippen LogP contribution in [0.3, 0.4) is 0 Å². The van der Waals surface area contributed by atoms with Gasteiger partial charge >= 0.3 is 5.97 Å². The molecule has 0 bridgehead atoms. The van der Waals surface area contributed by atoms with Crippen molar-refractivity contribution in [3.05, 3.63) is 35.9 Å². The van der Waals surface area contributed by atoms with E-state index in [4.69, 9.17) is 4.74 Å². The van der Waals surface area contributed by atoms with E-state index in [1.165, 1.54) is 0 Å². The average molecular weight is 285 g/mol. The van der Waals surface area contributed by atoms with Gasteiger partial charge in [0, 0.05) is 12.8 Å². The molecule has 21 heavy (non-hydrogen) atoms. The first-order valence-corrected chi connectivity index (χ1v) is 7.56. The fourth-order valence-corrected chi connectivity index (χ4v) is 3.00. The monoisotopic (exact) mass is 285 g/mol. The van der Waals surface area contributed by atoms with E-state index in [2.05, 4.69) is 26.8 Å². The van der Waals surface area contributed by atoms with Gasteiger partial charge in [-0.2, -0.15) is 5.26 Å². The summed E-state index contributed by atoms with van der Waals surface area (Å²) in [5, 5.41) is 9.50. The Labute approximate surface area is 126 Å². The molecule has 0 N–H and O–H groups in total. The van der Waals surface area contributed by atoms with Crippen LogP contribution in [0.5, 0.6) is 0 Å². The summed E-state index contributed by atoms with van der Waals surface area (Å²) in [6.45, 7) is 6.69. The van der Waals surface area contributed by atoms with Gasteiger partial charge in [-0.25, -0.2) is 4.79 Å². The highest BCUT2D eigenvalue weighted by Gasteiger charge is 2.41. The first-order valence-electron chi connectivity index (χ1n) is 7.56. The highest BCUT2D eigenvalue weighted by Crippen LogP contribution is 2.42. The van der Waals surface area contributed by atoms with Gasteiger partial charge in [0.1, 0.15) is 6.07 Å². The van der Waals surface area contributed by atoms with Crippen LogP contribution >= 0.6 is 0 Å². The van der Waals surface area contributed by atoms with E-state index >= 15 is 0 Å². The highest BCUT2D eigenvalue weighted by atomic mass is 16.6. The Kier molecular flexibility index (Phi) is 4.37. The van der Waals surface area contributed by atoms with Crippen molar-refractivity contribution < 1.29 is 9.53 Å². The van der Waals surface area contributed by atoms with Crippen molar-refractivity contribution in [2.24, 2.45) is 11.3 Å². The minimum absolute atomic E-state index is 0.241. The van der Waals surface area contributed by atoms with E-state index in [0.29, 0.717) is 24.3 Å². The number of nitrogens with zero attached hydrogens (tertiary/aromatic N) is 1. The number of rotatable bonds is 2. The lowest BCUT2D eigenvalue weighted by Gasteiger charge is -2.40. The number of carbonyl (C=O) groups excluding carboxylic acids is 1. The van der Waals surface area contributed by atoms with Crippen molar-refractivity contribution in [3.8, 4) is 6.07 Å². The summed E-state index contributed by atoms with van der Waals surface area (Å²) in [6, 6.07) is 11.1. The van der Waals surface area contributed by atoms with Crippen LogP contribution in [-0.2, 0) is 4.74 Å². The SMILES string of the molecule is CC(C)(C)C1CCC(C#N)(OC(=O)c2ccccc2)CC1. The summed E-state index contributed by atoms with van der Waals surface area (Å²) in [5.41, 5.74) is -0.204. The van der Waals surface area contributed by atoms with Crippen LogP contribution in [0.1, 0.15) is 56.8 Å². The maximum atomic E-state index is 12.2. The summed E-state index contributed by atoms with van der Waals surface area (Å²) in [7, 11) is 0. The van der Waals surface area contributed by atoms with Crippen LogP contribution in [0.25, 0.3) is 0 Å². The Hall–Kier alpha value is -1.82. The molecule has 1 aliphatic carbocycles. The molecule has 1 saturated carbocycles. The lowest BCUT2D eigenvalue weighted by atomic mass is 9.68. The quantitative estimate of drug-likeness (QED) is 0.759. The van der Waals surface area contributed by atoms with Gasteiger partial charge in [0.25, 0.3) is 0 Å². The molecule has 3 heteroatoms. The van der Waals surface area contributed by atoms with E-state index in [1.54, 1.807) is 24.3 Å². The van der Waals surface area contributed by atoms with Crippen molar-refractivity contribution in [2.75, 3.05) is 0 Å². The Morgan fingerprint density at radius 2 is 1.81 bits per heavy atom. The normalized spacial score (nSPS) is 25.9. The van der Waals surface area contributed by atoms with Gasteiger partial charge in [0.15, 0.2) is 5.60 Å². The van der Waals surface area contributed by atoms with Crippen molar-refractivity contribution in [2.45, 2.75) is 52.1 Å². The maximum absolute atomic E-state index is 12.2. The molecule has 1 aromatic carbocycles. The summed E-state index contributed by atoms with van der Waals surface area (Å²) < 4.78 is 5.58. The summed E-state index contributed by atoms with van der Waals surface area (Å²) in [5.74, 6) is 0.181. The minimum Gasteiger partial charge on any atom is -0.440 e. The molecule has 0 amide bonds. The molecule has 0 atom stereocenters. The molecule has 0 heterocycles. The van der Waals surface area contributed by atoms with Crippen LogP contribution in [0, 0.1) is 22.7 Å². The van der Waals surface area contributed by atoms with Crippen LogP contribution in [0.4, 0.5) is 0 Å². The van der Waals surface area contributed by atoms with Gasteiger partial charge in [-0.05, 0) is 36.3 Å². The van der Waals surface area contributed by atoms with Gasteiger partial charge in [-0.1, -0.05) is 39.0 Å². The minimum atomic E-state index is -0.950. The lowest BCUT2D eigenvalue weighted by molar-refractivity contribution is -0.0227. The molecule has 0 radical (unpaired) electrons. The van der Waals surface area contributed by atoms with Crippen LogP contribution in [0.2, 0.25) is 0 Å². The van der Waals surface area contributed by atoms with E-state index in [-0.39, 0.29) is 5.41 Å². The predicted molar refractivity (Wildman–Crippen MR) is 81.6 cm³/mol. The summed E-state index contributed by atoms with van der Waals surface area (Å²) in [4.78, 5) is 12.2. The first-order chi connectivity index (χ1) is 9.86. The fourth-order valence-electron chi connectivity index (χ4n) is 3.00. The molecule has 3 nitrogen and oxygen atoms in total. The van der Waals surface area contributed by atoms with Gasteiger partial charge in [0.2, 0.25) is 0 Å². The van der Waals surface area contributed by atoms with E-state index in [1.807, 2.05) is 6.07 Å². The van der Waals surface area contributed by atoms with E-state index in [9.17, 15) is 10.1 Å². The Morgan fingerprint density at radius 1 is 1.24 bits per heavy atom. The predicted octanol–water partition coefficient (Wildman–Crippen LogP) is 4.34. The van der Waals surface area contributed by atoms with Gasteiger partial charge < -0.3 is 4.74 Å². The van der Waals surface area contributed by atoms with Crippen molar-refractivity contribution in [3.63, 3.8) is 0 Å². The molecule has 112 valence electrons. The molecule has 0 unspecified atom stereocenters. The Balaban J connectivity index is 2.05. The molecular weight excluding hydrogens is 262 g/mol. The molecular formula is C18H23NO2. The summed E-state index contributed by atoms with van der Waals surface area (Å²) in [6.07, 6.45) is 3.12. The van der Waals surface area contributed by atoms with Crippen molar-refractivity contribution in [1.82, 2.24) is 0 Å². The third-order valence-electron chi connectivity index (χ3n) is 4.52. The zero-order chi connectivity index (χ0) is 15.5. The molecule has 2 rings (SSSR count). The third-order valence-corrected chi connectivity index (χ3v) is 4.52. The highest BCUT2D eigenvalue weighted by molar-refractivity contribution is 5.89. The molecule has 0 saturated heterocycles. The second-order valence-electron chi connectivity index (χ2n) is 7.00. The number of hydrogen-bond donors (Lipinski definition) is 0.